The summed E-state index contributed by atoms with van der Waals surface area (Å²) >= 11 is 3.42. The predicted octanol–water partition coefficient (Wildman–Crippen LogP) is 5.43. The second-order valence-corrected chi connectivity index (χ2v) is 7.82. The first-order chi connectivity index (χ1) is 15.5. The van der Waals surface area contributed by atoms with Crippen molar-refractivity contribution in [1.82, 2.24) is 0 Å². The lowest BCUT2D eigenvalue weighted by atomic mass is 10.0. The van der Waals surface area contributed by atoms with Crippen LogP contribution in [0.2, 0.25) is 0 Å². The van der Waals surface area contributed by atoms with E-state index in [4.69, 9.17) is 4.74 Å². The van der Waals surface area contributed by atoms with E-state index in [1.54, 1.807) is 72.8 Å². The summed E-state index contributed by atoms with van der Waals surface area (Å²) < 4.78 is 6.43. The van der Waals surface area contributed by atoms with E-state index in [9.17, 15) is 14.4 Å². The quantitative estimate of drug-likeness (QED) is 0.353. The molecule has 0 unspecified atom stereocenters. The second kappa shape index (κ2) is 9.20. The van der Waals surface area contributed by atoms with Crippen LogP contribution in [0, 0.1) is 0 Å². The molecule has 32 heavy (non-hydrogen) atoms. The first kappa shape index (κ1) is 21.5. The monoisotopic (exact) mass is 490 g/mol. The third-order valence-electron chi connectivity index (χ3n) is 4.85. The number of imide groups is 2. The van der Waals surface area contributed by atoms with Crippen LogP contribution in [0.25, 0.3) is 6.08 Å². The van der Waals surface area contributed by atoms with Crippen LogP contribution in [0.5, 0.6) is 5.75 Å². The van der Waals surface area contributed by atoms with Gasteiger partial charge in [0, 0.05) is 10.0 Å². The normalized spacial score (nSPS) is 14.1. The van der Waals surface area contributed by atoms with E-state index < -0.39 is 17.8 Å². The number of halogens is 1. The van der Waals surface area contributed by atoms with Crippen molar-refractivity contribution in [2.75, 3.05) is 16.4 Å². The van der Waals surface area contributed by atoms with E-state index in [1.165, 1.54) is 6.08 Å². The van der Waals surface area contributed by atoms with E-state index in [2.05, 4.69) is 15.9 Å². The zero-order chi connectivity index (χ0) is 22.7. The Morgan fingerprint density at radius 2 is 1.34 bits per heavy atom. The molecular weight excluding hydrogens is 472 g/mol. The van der Waals surface area contributed by atoms with Gasteiger partial charge in [0.1, 0.15) is 11.3 Å². The molecule has 0 spiro atoms. The minimum Gasteiger partial charge on any atom is -0.493 e. The van der Waals surface area contributed by atoms with Gasteiger partial charge >= 0.3 is 6.03 Å². The molecule has 1 aliphatic heterocycles. The number of hydrogen-bond acceptors (Lipinski definition) is 4. The van der Waals surface area contributed by atoms with Crippen molar-refractivity contribution in [3.8, 4) is 5.75 Å². The fourth-order valence-electron chi connectivity index (χ4n) is 3.41. The number of carbonyl (C=O) groups excluding carboxylic acids is 3. The highest BCUT2D eigenvalue weighted by Gasteiger charge is 2.43. The number of anilines is 2. The lowest BCUT2D eigenvalue weighted by Crippen LogP contribution is -2.57. The van der Waals surface area contributed by atoms with Crippen LogP contribution in [0.15, 0.2) is 88.9 Å². The summed E-state index contributed by atoms with van der Waals surface area (Å²) in [6.45, 7) is 2.27. The summed E-state index contributed by atoms with van der Waals surface area (Å²) in [7, 11) is 0. The van der Waals surface area contributed by atoms with Crippen LogP contribution in [0.4, 0.5) is 16.2 Å². The van der Waals surface area contributed by atoms with Crippen molar-refractivity contribution < 1.29 is 19.1 Å². The number of barbiturate groups is 1. The Hall–Kier alpha value is -3.71. The zero-order valence-corrected chi connectivity index (χ0v) is 18.8. The Bertz CT molecular complexity index is 1150. The minimum atomic E-state index is -0.728. The van der Waals surface area contributed by atoms with Gasteiger partial charge in [-0.25, -0.2) is 14.6 Å². The summed E-state index contributed by atoms with van der Waals surface area (Å²) in [5.41, 5.74) is 1.16. The molecule has 1 aliphatic rings. The van der Waals surface area contributed by atoms with Gasteiger partial charge in [0.2, 0.25) is 0 Å². The molecule has 1 saturated heterocycles. The number of hydrogen-bond donors (Lipinski definition) is 0. The van der Waals surface area contributed by atoms with Crippen molar-refractivity contribution in [2.24, 2.45) is 0 Å². The summed E-state index contributed by atoms with van der Waals surface area (Å²) in [6, 6.07) is 21.7. The number of carbonyl (C=O) groups is 3. The molecule has 6 nitrogen and oxygen atoms in total. The Kier molecular flexibility index (Phi) is 6.18. The molecule has 0 N–H and O–H groups in total. The van der Waals surface area contributed by atoms with Crippen LogP contribution in [-0.2, 0) is 9.59 Å². The number of amides is 4. The van der Waals surface area contributed by atoms with Crippen molar-refractivity contribution >= 4 is 51.2 Å². The summed E-state index contributed by atoms with van der Waals surface area (Å²) in [5.74, 6) is -0.861. The van der Waals surface area contributed by atoms with Gasteiger partial charge in [0.05, 0.1) is 18.0 Å². The standard InChI is InChI=1S/C25H19BrN2O4/c1-2-32-22-14-13-18(26)15-17(22)16-21-23(29)27(19-9-5-3-6-10-19)25(31)28(24(21)30)20-11-7-4-8-12-20/h3-16H,2H2,1H3. The van der Waals surface area contributed by atoms with Gasteiger partial charge < -0.3 is 4.74 Å². The van der Waals surface area contributed by atoms with E-state index in [0.29, 0.717) is 29.3 Å². The maximum atomic E-state index is 13.4. The lowest BCUT2D eigenvalue weighted by Gasteiger charge is -2.34. The predicted molar refractivity (Wildman–Crippen MR) is 127 cm³/mol. The third-order valence-corrected chi connectivity index (χ3v) is 5.34. The van der Waals surface area contributed by atoms with Gasteiger partial charge in [-0.3, -0.25) is 9.59 Å². The number of benzene rings is 3. The smallest absolute Gasteiger partial charge is 0.343 e. The number of ether oxygens (including phenoxy) is 1. The van der Waals surface area contributed by atoms with Gasteiger partial charge in [0.15, 0.2) is 0 Å². The van der Waals surface area contributed by atoms with Crippen LogP contribution < -0.4 is 14.5 Å². The Labute approximate surface area is 193 Å². The highest BCUT2D eigenvalue weighted by atomic mass is 79.9. The molecule has 4 amide bonds. The molecule has 0 aromatic heterocycles. The van der Waals surface area contributed by atoms with E-state index in [0.717, 1.165) is 14.3 Å². The summed E-state index contributed by atoms with van der Waals surface area (Å²) in [5, 5.41) is 0. The van der Waals surface area contributed by atoms with E-state index >= 15 is 0 Å². The summed E-state index contributed by atoms with van der Waals surface area (Å²) in [4.78, 5) is 42.2. The SMILES string of the molecule is CCOc1ccc(Br)cc1C=C1C(=O)N(c2ccccc2)C(=O)N(c2ccccc2)C1=O. The number of urea groups is 1. The highest BCUT2D eigenvalue weighted by Crippen LogP contribution is 2.32. The maximum Gasteiger partial charge on any atom is 0.343 e. The van der Waals surface area contributed by atoms with Gasteiger partial charge in [-0.2, -0.15) is 0 Å². The molecule has 0 radical (unpaired) electrons. The fraction of sp³-hybridized carbons (Fsp3) is 0.0800. The first-order valence-corrected chi connectivity index (χ1v) is 10.8. The molecule has 0 aliphatic carbocycles. The average Bonchev–Trinajstić information content (AvgIpc) is 2.80. The Morgan fingerprint density at radius 3 is 1.84 bits per heavy atom. The average molecular weight is 491 g/mol. The molecule has 0 atom stereocenters. The van der Waals surface area contributed by atoms with E-state index in [-0.39, 0.29) is 5.57 Å². The van der Waals surface area contributed by atoms with Crippen LogP contribution in [-0.4, -0.2) is 24.5 Å². The number of nitrogens with zero attached hydrogens (tertiary/aromatic N) is 2. The fourth-order valence-corrected chi connectivity index (χ4v) is 3.79. The van der Waals surface area contributed by atoms with Crippen molar-refractivity contribution in [3.63, 3.8) is 0 Å². The topological polar surface area (TPSA) is 66.9 Å². The van der Waals surface area contributed by atoms with E-state index in [1.807, 2.05) is 13.0 Å². The third kappa shape index (κ3) is 4.07. The molecule has 1 fully saturated rings. The molecule has 4 rings (SSSR count). The largest absolute Gasteiger partial charge is 0.493 e. The molecule has 0 saturated carbocycles. The van der Waals surface area contributed by atoms with Crippen molar-refractivity contribution in [1.29, 1.82) is 0 Å². The minimum absolute atomic E-state index is 0.142. The second-order valence-electron chi connectivity index (χ2n) is 6.91. The highest BCUT2D eigenvalue weighted by molar-refractivity contribution is 9.10. The molecule has 160 valence electrons. The molecule has 3 aromatic carbocycles. The summed E-state index contributed by atoms with van der Waals surface area (Å²) in [6.07, 6.45) is 1.47. The van der Waals surface area contributed by atoms with Gasteiger partial charge in [-0.05, 0) is 55.5 Å². The maximum absolute atomic E-state index is 13.4. The Balaban J connectivity index is 1.89. The molecule has 0 bridgehead atoms. The lowest BCUT2D eigenvalue weighted by molar-refractivity contribution is -0.121. The van der Waals surface area contributed by atoms with Gasteiger partial charge in [0.25, 0.3) is 11.8 Å². The molecule has 1 heterocycles. The van der Waals surface area contributed by atoms with Crippen molar-refractivity contribution in [3.05, 3.63) is 94.5 Å². The molecule has 3 aromatic rings. The van der Waals surface area contributed by atoms with Crippen LogP contribution in [0.3, 0.4) is 0 Å². The molecule has 7 heteroatoms. The number of para-hydroxylation sites is 2. The first-order valence-electron chi connectivity index (χ1n) is 9.98. The number of rotatable bonds is 5. The van der Waals surface area contributed by atoms with Crippen molar-refractivity contribution in [2.45, 2.75) is 6.92 Å². The van der Waals surface area contributed by atoms with Crippen LogP contribution >= 0.6 is 15.9 Å². The Morgan fingerprint density at radius 1 is 0.812 bits per heavy atom. The van der Waals surface area contributed by atoms with Gasteiger partial charge in [-0.1, -0.05) is 52.3 Å². The molecular formula is C25H19BrN2O4. The zero-order valence-electron chi connectivity index (χ0n) is 17.2. The van der Waals surface area contributed by atoms with Crippen LogP contribution in [0.1, 0.15) is 12.5 Å². The van der Waals surface area contributed by atoms with Gasteiger partial charge in [-0.15, -0.1) is 0 Å².